The fourth-order valence-electron chi connectivity index (χ4n) is 1.93. The molecule has 19 heavy (non-hydrogen) atoms. The van der Waals surface area contributed by atoms with Crippen LogP contribution in [0.3, 0.4) is 0 Å². The number of benzene rings is 2. The first-order chi connectivity index (χ1) is 9.33. The Balaban J connectivity index is 1.87. The van der Waals surface area contributed by atoms with Gasteiger partial charge in [0.1, 0.15) is 0 Å². The number of hydrogen-bond acceptors (Lipinski definition) is 1. The van der Waals surface area contributed by atoms with Gasteiger partial charge in [-0.25, -0.2) is 0 Å². The van der Waals surface area contributed by atoms with Gasteiger partial charge in [-0.15, -0.1) is 0 Å². The molecule has 1 aliphatic rings. The van der Waals surface area contributed by atoms with Crippen LogP contribution in [0.25, 0.3) is 10.5 Å². The van der Waals surface area contributed by atoms with Crippen LogP contribution in [0, 0.1) is 0 Å². The number of carbonyl (C=O) groups excluding carboxylic acids is 1. The summed E-state index contributed by atoms with van der Waals surface area (Å²) in [5.41, 5.74) is 2.25. The van der Waals surface area contributed by atoms with Crippen LogP contribution in [0.4, 0.5) is 0 Å². The van der Waals surface area contributed by atoms with E-state index in [1.165, 1.54) is 4.47 Å². The molecule has 0 bridgehead atoms. The zero-order valence-electron chi connectivity index (χ0n) is 10.2. The van der Waals surface area contributed by atoms with Gasteiger partial charge < -0.3 is 0 Å². The predicted octanol–water partition coefficient (Wildman–Crippen LogP) is 3.36. The number of allylic oxidation sites excluding steroid dienone is 2. The van der Waals surface area contributed by atoms with Crippen LogP contribution in [0.1, 0.15) is 11.1 Å². The van der Waals surface area contributed by atoms with Crippen molar-refractivity contribution in [2.24, 2.45) is 0 Å². The Labute approximate surface area is 118 Å². The third kappa shape index (κ3) is 2.76. The van der Waals surface area contributed by atoms with Crippen LogP contribution in [-0.4, -0.2) is 20.7 Å². The molecule has 2 aromatic rings. The molecule has 0 atom stereocenters. The van der Waals surface area contributed by atoms with Crippen LogP contribution in [0.2, 0.25) is 0 Å². The summed E-state index contributed by atoms with van der Waals surface area (Å²) in [5, 5.41) is 0. The summed E-state index contributed by atoms with van der Waals surface area (Å²) in [6.07, 6.45) is 3.79. The van der Waals surface area contributed by atoms with E-state index >= 15 is 0 Å². The fraction of sp³-hybridized carbons (Fsp3) is 0. The molecule has 0 saturated heterocycles. The van der Waals surface area contributed by atoms with E-state index in [0.717, 1.165) is 15.6 Å². The summed E-state index contributed by atoms with van der Waals surface area (Å²) in [6.45, 7) is 0. The molecular weight excluding hydrogens is 299 g/mol. The van der Waals surface area contributed by atoms with Gasteiger partial charge in [-0.05, 0) is 0 Å². The molecular formula is C17H12OSe. The molecule has 1 aliphatic heterocycles. The second-order valence-electron chi connectivity index (χ2n) is 4.26. The Morgan fingerprint density at radius 3 is 2.16 bits per heavy atom. The summed E-state index contributed by atoms with van der Waals surface area (Å²) in [7, 11) is 0. The molecule has 0 amide bonds. The zero-order valence-corrected chi connectivity index (χ0v) is 12.0. The zero-order chi connectivity index (χ0) is 13.1. The van der Waals surface area contributed by atoms with E-state index in [1.54, 1.807) is 6.08 Å². The van der Waals surface area contributed by atoms with E-state index in [1.807, 2.05) is 54.6 Å². The second kappa shape index (κ2) is 5.39. The molecule has 2 aromatic carbocycles. The number of ketones is 1. The van der Waals surface area contributed by atoms with Gasteiger partial charge in [-0.2, -0.15) is 0 Å². The summed E-state index contributed by atoms with van der Waals surface area (Å²) in [5.74, 6) is 0.155. The maximum atomic E-state index is 12.0. The molecule has 2 heteroatoms. The fourth-order valence-corrected chi connectivity index (χ4v) is 4.06. The van der Waals surface area contributed by atoms with E-state index in [2.05, 4.69) is 12.1 Å². The Hall–Kier alpha value is -1.89. The van der Waals surface area contributed by atoms with Crippen molar-refractivity contribution in [2.45, 2.75) is 0 Å². The first kappa shape index (κ1) is 12.2. The molecule has 0 spiro atoms. The first-order valence-corrected chi connectivity index (χ1v) is 7.80. The third-order valence-corrected chi connectivity index (χ3v) is 5.21. The van der Waals surface area contributed by atoms with Gasteiger partial charge in [-0.1, -0.05) is 0 Å². The van der Waals surface area contributed by atoms with E-state index in [-0.39, 0.29) is 20.7 Å². The summed E-state index contributed by atoms with van der Waals surface area (Å²) in [6, 6.07) is 20.2. The maximum absolute atomic E-state index is 12.0. The molecule has 0 fully saturated rings. The predicted molar refractivity (Wildman–Crippen MR) is 79.6 cm³/mol. The molecule has 0 aromatic heterocycles. The Bertz CT molecular complexity index is 654. The Kier molecular flexibility index (Phi) is 3.45. The molecule has 92 valence electrons. The Morgan fingerprint density at radius 2 is 1.47 bits per heavy atom. The second-order valence-corrected chi connectivity index (χ2v) is 6.53. The summed E-state index contributed by atoms with van der Waals surface area (Å²) in [4.78, 5) is 12.0. The van der Waals surface area contributed by atoms with Crippen LogP contribution in [0.15, 0.2) is 71.2 Å². The van der Waals surface area contributed by atoms with Crippen LogP contribution < -0.4 is 0 Å². The number of hydrogen-bond donors (Lipinski definition) is 0. The minimum absolute atomic E-state index is 0.105. The van der Waals surface area contributed by atoms with Gasteiger partial charge >= 0.3 is 118 Å². The van der Waals surface area contributed by atoms with Crippen molar-refractivity contribution < 1.29 is 4.79 Å². The number of carbonyl (C=O) groups is 1. The molecule has 1 nitrogen and oxygen atoms in total. The SMILES string of the molecule is O=C1C=C(c2ccccc2)[Se]C1=Cc1ccccc1. The van der Waals surface area contributed by atoms with Crippen molar-refractivity contribution in [3.8, 4) is 0 Å². The van der Waals surface area contributed by atoms with Gasteiger partial charge in [0.25, 0.3) is 0 Å². The van der Waals surface area contributed by atoms with Crippen molar-refractivity contribution in [1.82, 2.24) is 0 Å². The van der Waals surface area contributed by atoms with Crippen LogP contribution >= 0.6 is 0 Å². The number of rotatable bonds is 2. The molecule has 0 radical (unpaired) electrons. The summed E-state index contributed by atoms with van der Waals surface area (Å²) < 4.78 is 2.10. The van der Waals surface area contributed by atoms with E-state index in [9.17, 15) is 4.79 Å². The molecule has 0 N–H and O–H groups in total. The minimum atomic E-state index is 0.105. The topological polar surface area (TPSA) is 17.1 Å². The summed E-state index contributed by atoms with van der Waals surface area (Å²) >= 11 is 0.105. The Morgan fingerprint density at radius 1 is 0.842 bits per heavy atom. The van der Waals surface area contributed by atoms with E-state index in [4.69, 9.17) is 0 Å². The van der Waals surface area contributed by atoms with Gasteiger partial charge in [0.15, 0.2) is 0 Å². The van der Waals surface area contributed by atoms with Crippen molar-refractivity contribution >= 4 is 31.3 Å². The third-order valence-electron chi connectivity index (χ3n) is 2.88. The standard InChI is InChI=1S/C17H12OSe/c18-15-12-16(14-9-5-2-6-10-14)19-17(15)11-13-7-3-1-4-8-13/h1-12H. The monoisotopic (exact) mass is 312 g/mol. The first-order valence-electron chi connectivity index (χ1n) is 6.09. The molecule has 1 heterocycles. The normalized spacial score (nSPS) is 16.7. The molecule has 0 unspecified atom stereocenters. The molecule has 3 rings (SSSR count). The van der Waals surface area contributed by atoms with Gasteiger partial charge in [0.05, 0.1) is 0 Å². The van der Waals surface area contributed by atoms with Crippen LogP contribution in [0.5, 0.6) is 0 Å². The quantitative estimate of drug-likeness (QED) is 0.614. The van der Waals surface area contributed by atoms with Crippen LogP contribution in [-0.2, 0) is 4.79 Å². The van der Waals surface area contributed by atoms with Gasteiger partial charge in [-0.3, -0.25) is 0 Å². The van der Waals surface area contributed by atoms with Gasteiger partial charge in [0, 0.05) is 0 Å². The van der Waals surface area contributed by atoms with Gasteiger partial charge in [0.2, 0.25) is 0 Å². The van der Waals surface area contributed by atoms with Crippen molar-refractivity contribution in [2.75, 3.05) is 0 Å². The van der Waals surface area contributed by atoms with Crippen molar-refractivity contribution in [3.63, 3.8) is 0 Å². The molecule has 0 saturated carbocycles. The van der Waals surface area contributed by atoms with Crippen molar-refractivity contribution in [1.29, 1.82) is 0 Å². The average molecular weight is 311 g/mol. The van der Waals surface area contributed by atoms with Crippen molar-refractivity contribution in [3.05, 3.63) is 82.3 Å². The van der Waals surface area contributed by atoms with E-state index in [0.29, 0.717) is 0 Å². The van der Waals surface area contributed by atoms with E-state index < -0.39 is 0 Å². The average Bonchev–Trinajstić information content (AvgIpc) is 2.82. The molecule has 0 aliphatic carbocycles.